The molecule has 0 atom stereocenters. The molecule has 0 bridgehead atoms. The number of rotatable bonds is 7. The van der Waals surface area contributed by atoms with E-state index in [1.165, 1.54) is 0 Å². The number of para-hydroxylation sites is 1. The maximum Gasteiger partial charge on any atom is 0.222 e. The van der Waals surface area contributed by atoms with Gasteiger partial charge in [-0.1, -0.05) is 32.0 Å². The van der Waals surface area contributed by atoms with E-state index >= 15 is 0 Å². The number of phenolic OH excluding ortho intramolecular Hbond substituents is 1. The van der Waals surface area contributed by atoms with Gasteiger partial charge in [0.05, 0.1) is 0 Å². The van der Waals surface area contributed by atoms with Crippen LogP contribution in [0.4, 0.5) is 0 Å². The number of phenols is 1. The predicted molar refractivity (Wildman–Crippen MR) is 77.0 cm³/mol. The van der Waals surface area contributed by atoms with Gasteiger partial charge in [0.2, 0.25) is 5.91 Å². The van der Waals surface area contributed by atoms with E-state index in [0.717, 1.165) is 18.5 Å². The minimum absolute atomic E-state index is 0.105. The van der Waals surface area contributed by atoms with Gasteiger partial charge < -0.3 is 15.3 Å². The molecule has 0 aliphatic carbocycles. The van der Waals surface area contributed by atoms with Crippen molar-refractivity contribution in [1.82, 2.24) is 10.2 Å². The van der Waals surface area contributed by atoms with Gasteiger partial charge in [0.1, 0.15) is 5.75 Å². The third-order valence-corrected chi connectivity index (χ3v) is 2.94. The van der Waals surface area contributed by atoms with Gasteiger partial charge in [-0.3, -0.25) is 4.79 Å². The van der Waals surface area contributed by atoms with Crippen LogP contribution in [-0.4, -0.2) is 35.5 Å². The molecule has 106 valence electrons. The van der Waals surface area contributed by atoms with Crippen LogP contribution >= 0.6 is 0 Å². The summed E-state index contributed by atoms with van der Waals surface area (Å²) < 4.78 is 0. The van der Waals surface area contributed by atoms with E-state index in [2.05, 4.69) is 19.2 Å². The number of nitrogens with one attached hydrogen (secondary N) is 1. The molecular weight excluding hydrogens is 240 g/mol. The normalized spacial score (nSPS) is 10.7. The van der Waals surface area contributed by atoms with Crippen molar-refractivity contribution in [3.63, 3.8) is 0 Å². The van der Waals surface area contributed by atoms with Crippen LogP contribution in [0.5, 0.6) is 5.75 Å². The van der Waals surface area contributed by atoms with Gasteiger partial charge in [0.25, 0.3) is 0 Å². The molecule has 0 fully saturated rings. The fourth-order valence-electron chi connectivity index (χ4n) is 1.81. The second-order valence-corrected chi connectivity index (χ2v) is 5.09. The molecule has 0 aliphatic rings. The molecule has 0 heterocycles. The Morgan fingerprint density at radius 2 is 2.05 bits per heavy atom. The van der Waals surface area contributed by atoms with Crippen molar-refractivity contribution in [3.8, 4) is 5.75 Å². The van der Waals surface area contributed by atoms with Crippen molar-refractivity contribution in [3.05, 3.63) is 29.8 Å². The summed E-state index contributed by atoms with van der Waals surface area (Å²) in [6.07, 6.45) is 1.37. The van der Waals surface area contributed by atoms with E-state index < -0.39 is 0 Å². The smallest absolute Gasteiger partial charge is 0.222 e. The van der Waals surface area contributed by atoms with Gasteiger partial charge in [-0.15, -0.1) is 0 Å². The van der Waals surface area contributed by atoms with Crippen molar-refractivity contribution < 1.29 is 9.90 Å². The SMILES string of the molecule is CC(C)NCCCC(=O)N(C)Cc1ccccc1O. The Hall–Kier alpha value is -1.55. The fraction of sp³-hybridized carbons (Fsp3) is 0.533. The summed E-state index contributed by atoms with van der Waals surface area (Å²) in [6, 6.07) is 7.56. The fourth-order valence-corrected chi connectivity index (χ4v) is 1.81. The molecule has 0 aliphatic heterocycles. The Kier molecular flexibility index (Phi) is 6.36. The zero-order valence-corrected chi connectivity index (χ0v) is 12.0. The second kappa shape index (κ2) is 7.79. The van der Waals surface area contributed by atoms with Crippen LogP contribution in [0.15, 0.2) is 24.3 Å². The van der Waals surface area contributed by atoms with Crippen LogP contribution in [0, 0.1) is 0 Å². The highest BCUT2D eigenvalue weighted by Gasteiger charge is 2.10. The summed E-state index contributed by atoms with van der Waals surface area (Å²) >= 11 is 0. The number of amides is 1. The summed E-state index contributed by atoms with van der Waals surface area (Å²) in [5, 5.41) is 13.0. The Bertz CT molecular complexity index is 405. The number of benzene rings is 1. The van der Waals surface area contributed by atoms with E-state index in [4.69, 9.17) is 0 Å². The zero-order valence-electron chi connectivity index (χ0n) is 12.0. The maximum absolute atomic E-state index is 11.9. The minimum Gasteiger partial charge on any atom is -0.508 e. The topological polar surface area (TPSA) is 52.6 Å². The molecule has 0 unspecified atom stereocenters. The molecular formula is C15H24N2O2. The molecule has 0 aromatic heterocycles. The van der Waals surface area contributed by atoms with E-state index in [1.54, 1.807) is 24.1 Å². The quantitative estimate of drug-likeness (QED) is 0.742. The zero-order chi connectivity index (χ0) is 14.3. The predicted octanol–water partition coefficient (Wildman–Crippen LogP) is 2.13. The monoisotopic (exact) mass is 264 g/mol. The molecule has 0 radical (unpaired) electrons. The summed E-state index contributed by atoms with van der Waals surface area (Å²) in [5.41, 5.74) is 0.777. The lowest BCUT2D eigenvalue weighted by Crippen LogP contribution is -2.28. The van der Waals surface area contributed by atoms with Crippen LogP contribution in [-0.2, 0) is 11.3 Å². The molecule has 19 heavy (non-hydrogen) atoms. The molecule has 0 saturated carbocycles. The molecule has 2 N–H and O–H groups in total. The molecule has 0 spiro atoms. The van der Waals surface area contributed by atoms with E-state index in [0.29, 0.717) is 19.0 Å². The highest BCUT2D eigenvalue weighted by atomic mass is 16.3. The standard InChI is InChI=1S/C15H24N2O2/c1-12(2)16-10-6-9-15(19)17(3)11-13-7-4-5-8-14(13)18/h4-5,7-8,12,16,18H,6,9-11H2,1-3H3. The average molecular weight is 264 g/mol. The van der Waals surface area contributed by atoms with Crippen molar-refractivity contribution in [2.75, 3.05) is 13.6 Å². The third kappa shape index (κ3) is 5.75. The minimum atomic E-state index is 0.105. The molecule has 1 aromatic rings. The van der Waals surface area contributed by atoms with Crippen LogP contribution in [0.25, 0.3) is 0 Å². The van der Waals surface area contributed by atoms with Crippen LogP contribution < -0.4 is 5.32 Å². The Balaban J connectivity index is 2.35. The molecule has 1 aromatic carbocycles. The molecule has 1 amide bonds. The molecule has 4 heteroatoms. The van der Waals surface area contributed by atoms with Crippen LogP contribution in [0.3, 0.4) is 0 Å². The number of nitrogens with zero attached hydrogens (tertiary/aromatic N) is 1. The Labute approximate surface area is 115 Å². The first-order chi connectivity index (χ1) is 9.00. The summed E-state index contributed by atoms with van der Waals surface area (Å²) in [6.45, 7) is 5.48. The number of aromatic hydroxyl groups is 1. The first-order valence-electron chi connectivity index (χ1n) is 6.75. The van der Waals surface area contributed by atoms with Gasteiger partial charge in [0, 0.05) is 31.6 Å². The van der Waals surface area contributed by atoms with Crippen LogP contribution in [0.1, 0.15) is 32.3 Å². The molecule has 0 saturated heterocycles. The van der Waals surface area contributed by atoms with Gasteiger partial charge in [0.15, 0.2) is 0 Å². The van der Waals surface area contributed by atoms with E-state index in [-0.39, 0.29) is 11.7 Å². The summed E-state index contributed by atoms with van der Waals surface area (Å²) in [7, 11) is 1.77. The number of hydrogen-bond acceptors (Lipinski definition) is 3. The number of carbonyl (C=O) groups excluding carboxylic acids is 1. The van der Waals surface area contributed by atoms with Crippen molar-refractivity contribution in [2.45, 2.75) is 39.3 Å². The average Bonchev–Trinajstić information content (AvgIpc) is 2.36. The molecule has 4 nitrogen and oxygen atoms in total. The van der Waals surface area contributed by atoms with Gasteiger partial charge >= 0.3 is 0 Å². The first-order valence-corrected chi connectivity index (χ1v) is 6.75. The van der Waals surface area contributed by atoms with Crippen molar-refractivity contribution >= 4 is 5.91 Å². The summed E-state index contributed by atoms with van der Waals surface area (Å²) in [5.74, 6) is 0.345. The molecule has 1 rings (SSSR count). The third-order valence-electron chi connectivity index (χ3n) is 2.94. The van der Waals surface area contributed by atoms with Gasteiger partial charge in [-0.2, -0.15) is 0 Å². The van der Waals surface area contributed by atoms with Crippen LogP contribution in [0.2, 0.25) is 0 Å². The number of carbonyl (C=O) groups is 1. The largest absolute Gasteiger partial charge is 0.508 e. The number of hydrogen-bond donors (Lipinski definition) is 2. The lowest BCUT2D eigenvalue weighted by Gasteiger charge is -2.18. The first kappa shape index (κ1) is 15.5. The van der Waals surface area contributed by atoms with Crippen molar-refractivity contribution in [2.24, 2.45) is 0 Å². The van der Waals surface area contributed by atoms with E-state index in [1.807, 2.05) is 12.1 Å². The maximum atomic E-state index is 11.9. The second-order valence-electron chi connectivity index (χ2n) is 5.09. The van der Waals surface area contributed by atoms with Gasteiger partial charge in [-0.25, -0.2) is 0 Å². The highest BCUT2D eigenvalue weighted by Crippen LogP contribution is 2.17. The Morgan fingerprint density at radius 3 is 2.68 bits per heavy atom. The van der Waals surface area contributed by atoms with Crippen molar-refractivity contribution in [1.29, 1.82) is 0 Å². The Morgan fingerprint density at radius 1 is 1.37 bits per heavy atom. The lowest BCUT2D eigenvalue weighted by atomic mass is 10.2. The lowest BCUT2D eigenvalue weighted by molar-refractivity contribution is -0.130. The van der Waals surface area contributed by atoms with E-state index in [9.17, 15) is 9.90 Å². The highest BCUT2D eigenvalue weighted by molar-refractivity contribution is 5.75. The summed E-state index contributed by atoms with van der Waals surface area (Å²) in [4.78, 5) is 13.6. The van der Waals surface area contributed by atoms with Gasteiger partial charge in [-0.05, 0) is 19.0 Å².